The lowest BCUT2D eigenvalue weighted by atomic mass is 10.0. The molecule has 1 unspecified atom stereocenters. The summed E-state index contributed by atoms with van der Waals surface area (Å²) < 4.78 is 15.5. The van der Waals surface area contributed by atoms with Crippen LogP contribution in [0.15, 0.2) is 28.7 Å². The van der Waals surface area contributed by atoms with E-state index in [0.717, 1.165) is 21.3 Å². The average Bonchev–Trinajstić information content (AvgIpc) is 2.70. The summed E-state index contributed by atoms with van der Waals surface area (Å²) in [5.41, 5.74) is 1.66. The highest BCUT2D eigenvalue weighted by atomic mass is 79.9. The Morgan fingerprint density at radius 1 is 1.47 bits per heavy atom. The van der Waals surface area contributed by atoms with Gasteiger partial charge in [-0.05, 0) is 47.1 Å². The normalized spacial score (nSPS) is 12.7. The molecule has 1 aromatic heterocycles. The van der Waals surface area contributed by atoms with Crippen LogP contribution in [-0.4, -0.2) is 6.54 Å². The van der Waals surface area contributed by atoms with Crippen molar-refractivity contribution in [3.63, 3.8) is 0 Å². The van der Waals surface area contributed by atoms with Crippen molar-refractivity contribution in [2.75, 3.05) is 6.54 Å². The molecule has 2 aromatic rings. The molecular weight excluding hydrogens is 349 g/mol. The van der Waals surface area contributed by atoms with Crippen LogP contribution in [0.2, 0.25) is 4.34 Å². The third kappa shape index (κ3) is 3.19. The molecule has 0 radical (unpaired) electrons. The van der Waals surface area contributed by atoms with Gasteiger partial charge in [0.15, 0.2) is 0 Å². The van der Waals surface area contributed by atoms with Gasteiger partial charge in [0.05, 0.1) is 14.9 Å². The molecule has 0 aliphatic heterocycles. The second-order valence-corrected chi connectivity index (χ2v) is 6.78. The van der Waals surface area contributed by atoms with Gasteiger partial charge >= 0.3 is 0 Å². The largest absolute Gasteiger partial charge is 0.306 e. The lowest BCUT2D eigenvalue weighted by Gasteiger charge is -2.18. The second-order valence-electron chi connectivity index (χ2n) is 4.24. The zero-order chi connectivity index (χ0) is 14.0. The summed E-state index contributed by atoms with van der Waals surface area (Å²) in [5, 5.41) is 3.31. The summed E-state index contributed by atoms with van der Waals surface area (Å²) in [7, 11) is 0. The van der Waals surface area contributed by atoms with Gasteiger partial charge in [0.2, 0.25) is 0 Å². The Hall–Kier alpha value is -0.420. The Balaban J connectivity index is 2.48. The van der Waals surface area contributed by atoms with E-state index < -0.39 is 0 Å². The van der Waals surface area contributed by atoms with Gasteiger partial charge in [0, 0.05) is 10.4 Å². The van der Waals surface area contributed by atoms with E-state index >= 15 is 0 Å². The summed E-state index contributed by atoms with van der Waals surface area (Å²) in [5.74, 6) is -0.226. The molecule has 5 heteroatoms. The third-order valence-electron chi connectivity index (χ3n) is 2.86. The molecule has 0 aliphatic rings. The zero-order valence-corrected chi connectivity index (χ0v) is 13.8. The molecule has 2 rings (SSSR count). The minimum absolute atomic E-state index is 0.168. The highest BCUT2D eigenvalue weighted by molar-refractivity contribution is 9.10. The maximum atomic E-state index is 14.3. The molecule has 1 nitrogen and oxygen atoms in total. The highest BCUT2D eigenvalue weighted by Crippen LogP contribution is 2.36. The standard InChI is InChI=1S/C14H14BrClFNS/c1-3-18-13(11-7-8(2)14(16)19-11)9-5-4-6-10(15)12(9)17/h4-7,13,18H,3H2,1-2H3. The van der Waals surface area contributed by atoms with Crippen LogP contribution in [0, 0.1) is 12.7 Å². The van der Waals surface area contributed by atoms with E-state index in [9.17, 15) is 4.39 Å². The van der Waals surface area contributed by atoms with Crippen LogP contribution in [0.4, 0.5) is 4.39 Å². The number of thiophene rings is 1. The van der Waals surface area contributed by atoms with Crippen LogP contribution in [-0.2, 0) is 0 Å². The molecule has 1 aromatic carbocycles. The second kappa shape index (κ2) is 6.35. The van der Waals surface area contributed by atoms with Crippen LogP contribution >= 0.6 is 38.9 Å². The first kappa shape index (κ1) is 15.0. The summed E-state index contributed by atoms with van der Waals surface area (Å²) in [6, 6.07) is 7.19. The third-order valence-corrected chi connectivity index (χ3v) is 5.09. The van der Waals surface area contributed by atoms with E-state index in [2.05, 4.69) is 21.2 Å². The molecule has 0 spiro atoms. The number of hydrogen-bond donors (Lipinski definition) is 1. The van der Waals surface area contributed by atoms with E-state index in [4.69, 9.17) is 11.6 Å². The van der Waals surface area contributed by atoms with Gasteiger partial charge in [-0.25, -0.2) is 4.39 Å². The van der Waals surface area contributed by atoms with Gasteiger partial charge in [-0.3, -0.25) is 0 Å². The van der Waals surface area contributed by atoms with Crippen molar-refractivity contribution in [3.8, 4) is 0 Å². The van der Waals surface area contributed by atoms with Crippen molar-refractivity contribution in [1.29, 1.82) is 0 Å². The highest BCUT2D eigenvalue weighted by Gasteiger charge is 2.20. The van der Waals surface area contributed by atoms with Crippen molar-refractivity contribution >= 4 is 38.9 Å². The summed E-state index contributed by atoms with van der Waals surface area (Å²) >= 11 is 10.8. The molecule has 0 saturated carbocycles. The van der Waals surface area contributed by atoms with Crippen molar-refractivity contribution in [1.82, 2.24) is 5.32 Å². The van der Waals surface area contributed by atoms with E-state index in [0.29, 0.717) is 10.0 Å². The number of halogens is 3. The molecule has 19 heavy (non-hydrogen) atoms. The molecule has 0 saturated heterocycles. The number of hydrogen-bond acceptors (Lipinski definition) is 2. The van der Waals surface area contributed by atoms with Crippen LogP contribution in [0.25, 0.3) is 0 Å². The van der Waals surface area contributed by atoms with Gasteiger partial charge in [0.1, 0.15) is 5.82 Å². The number of nitrogens with one attached hydrogen (secondary N) is 1. The monoisotopic (exact) mass is 361 g/mol. The maximum Gasteiger partial charge on any atom is 0.142 e. The van der Waals surface area contributed by atoms with Crippen molar-refractivity contribution in [3.05, 3.63) is 54.9 Å². The molecule has 0 aliphatic carbocycles. The predicted octanol–water partition coefficient (Wildman–Crippen LogP) is 5.31. The van der Waals surface area contributed by atoms with Crippen LogP contribution in [0.1, 0.15) is 29.0 Å². The van der Waals surface area contributed by atoms with E-state index in [1.54, 1.807) is 12.1 Å². The van der Waals surface area contributed by atoms with Gasteiger partial charge in [-0.1, -0.05) is 30.7 Å². The van der Waals surface area contributed by atoms with Gasteiger partial charge < -0.3 is 5.32 Å². The maximum absolute atomic E-state index is 14.3. The van der Waals surface area contributed by atoms with Gasteiger partial charge in [-0.15, -0.1) is 11.3 Å². The Kier molecular flexibility index (Phi) is 5.01. The van der Waals surface area contributed by atoms with E-state index in [-0.39, 0.29) is 11.9 Å². The van der Waals surface area contributed by atoms with Crippen molar-refractivity contribution in [2.24, 2.45) is 0 Å². The fourth-order valence-corrected chi connectivity index (χ4v) is 3.63. The van der Waals surface area contributed by atoms with Gasteiger partial charge in [0.25, 0.3) is 0 Å². The molecule has 1 N–H and O–H groups in total. The van der Waals surface area contributed by atoms with E-state index in [1.165, 1.54) is 11.3 Å². The Labute approximate surface area is 129 Å². The molecule has 1 atom stereocenters. The van der Waals surface area contributed by atoms with Crippen molar-refractivity contribution in [2.45, 2.75) is 19.9 Å². The fraction of sp³-hybridized carbons (Fsp3) is 0.286. The van der Waals surface area contributed by atoms with Crippen LogP contribution in [0.3, 0.4) is 0 Å². The number of rotatable bonds is 4. The summed E-state index contributed by atoms with van der Waals surface area (Å²) in [6.07, 6.45) is 0. The smallest absolute Gasteiger partial charge is 0.142 e. The number of aryl methyl sites for hydroxylation is 1. The summed E-state index contributed by atoms with van der Waals surface area (Å²) in [6.45, 7) is 4.72. The summed E-state index contributed by atoms with van der Waals surface area (Å²) in [4.78, 5) is 1.03. The Bertz CT molecular complexity index is 565. The molecule has 1 heterocycles. The minimum atomic E-state index is -0.226. The van der Waals surface area contributed by atoms with Crippen molar-refractivity contribution < 1.29 is 4.39 Å². The Morgan fingerprint density at radius 3 is 2.79 bits per heavy atom. The zero-order valence-electron chi connectivity index (χ0n) is 10.6. The molecule has 0 fully saturated rings. The SMILES string of the molecule is CCNC(c1cc(C)c(Cl)s1)c1cccc(Br)c1F. The van der Waals surface area contributed by atoms with Crippen LogP contribution < -0.4 is 5.32 Å². The quantitative estimate of drug-likeness (QED) is 0.777. The molecule has 0 bridgehead atoms. The molecule has 102 valence electrons. The topological polar surface area (TPSA) is 12.0 Å². The number of benzene rings is 1. The first-order valence-electron chi connectivity index (χ1n) is 5.97. The van der Waals surface area contributed by atoms with E-state index in [1.807, 2.05) is 26.0 Å². The van der Waals surface area contributed by atoms with Crippen LogP contribution in [0.5, 0.6) is 0 Å². The minimum Gasteiger partial charge on any atom is -0.306 e. The lowest BCUT2D eigenvalue weighted by Crippen LogP contribution is -2.22. The first-order valence-corrected chi connectivity index (χ1v) is 7.96. The predicted molar refractivity (Wildman–Crippen MR) is 83.7 cm³/mol. The first-order chi connectivity index (χ1) is 9.04. The molecule has 0 amide bonds. The Morgan fingerprint density at radius 2 is 2.21 bits per heavy atom. The van der Waals surface area contributed by atoms with Gasteiger partial charge in [-0.2, -0.15) is 0 Å². The fourth-order valence-electron chi connectivity index (χ4n) is 1.94. The molecular formula is C14H14BrClFNS. The average molecular weight is 363 g/mol. The lowest BCUT2D eigenvalue weighted by molar-refractivity contribution is 0.558.